The number of aliphatic hydroxyl groups excluding tert-OH is 1. The Morgan fingerprint density at radius 3 is 2.46 bits per heavy atom. The van der Waals surface area contributed by atoms with Crippen LogP contribution in [0.3, 0.4) is 0 Å². The van der Waals surface area contributed by atoms with Gasteiger partial charge in [-0.1, -0.05) is 12.8 Å². The largest absolute Gasteiger partial charge is 0.391 e. The molecule has 2 rings (SSSR count). The molecule has 2 heteroatoms. The molecule has 1 saturated carbocycles. The van der Waals surface area contributed by atoms with E-state index in [1.807, 2.05) is 0 Å². The molecule has 2 fully saturated rings. The Bertz CT molecular complexity index is 177. The molecule has 13 heavy (non-hydrogen) atoms. The average Bonchev–Trinajstić information content (AvgIpc) is 2.63. The van der Waals surface area contributed by atoms with E-state index in [-0.39, 0.29) is 11.6 Å². The summed E-state index contributed by atoms with van der Waals surface area (Å²) in [6.45, 7) is 3.30. The first-order valence-electron chi connectivity index (χ1n) is 5.66. The Balaban J connectivity index is 2.06. The van der Waals surface area contributed by atoms with Crippen LogP contribution in [0.4, 0.5) is 0 Å². The lowest BCUT2D eigenvalue weighted by molar-refractivity contribution is 0.00605. The van der Waals surface area contributed by atoms with Gasteiger partial charge in [-0.2, -0.15) is 0 Å². The highest BCUT2D eigenvalue weighted by atomic mass is 16.3. The van der Waals surface area contributed by atoms with E-state index in [1.54, 1.807) is 0 Å². The normalized spacial score (nSPS) is 42.5. The second-order valence-electron chi connectivity index (χ2n) is 4.85. The van der Waals surface area contributed by atoms with E-state index in [0.29, 0.717) is 5.92 Å². The molecule has 0 aromatic carbocycles. The Morgan fingerprint density at radius 2 is 1.85 bits per heavy atom. The molecule has 2 unspecified atom stereocenters. The van der Waals surface area contributed by atoms with E-state index in [0.717, 1.165) is 19.4 Å². The van der Waals surface area contributed by atoms with Crippen LogP contribution in [-0.4, -0.2) is 23.3 Å². The van der Waals surface area contributed by atoms with Crippen LogP contribution in [0.5, 0.6) is 0 Å². The van der Waals surface area contributed by atoms with Crippen LogP contribution in [0.25, 0.3) is 0 Å². The summed E-state index contributed by atoms with van der Waals surface area (Å²) in [4.78, 5) is 0. The van der Waals surface area contributed by atoms with Gasteiger partial charge in [0.2, 0.25) is 0 Å². The lowest BCUT2D eigenvalue weighted by Gasteiger charge is -2.44. The number of aliphatic hydroxyl groups is 1. The van der Waals surface area contributed by atoms with Crippen molar-refractivity contribution in [3.8, 4) is 0 Å². The quantitative estimate of drug-likeness (QED) is 0.648. The second-order valence-corrected chi connectivity index (χ2v) is 4.85. The van der Waals surface area contributed by atoms with Crippen molar-refractivity contribution in [2.24, 2.45) is 5.92 Å². The van der Waals surface area contributed by atoms with Crippen molar-refractivity contribution in [3.63, 3.8) is 0 Å². The highest BCUT2D eigenvalue weighted by Crippen LogP contribution is 2.38. The summed E-state index contributed by atoms with van der Waals surface area (Å²) in [7, 11) is 0. The molecule has 2 nitrogen and oxygen atoms in total. The fraction of sp³-hybridized carbons (Fsp3) is 1.00. The fourth-order valence-corrected chi connectivity index (χ4v) is 3.01. The van der Waals surface area contributed by atoms with Gasteiger partial charge in [0, 0.05) is 5.54 Å². The Kier molecular flexibility index (Phi) is 2.61. The summed E-state index contributed by atoms with van der Waals surface area (Å²) in [6.07, 6.45) is 7.32. The van der Waals surface area contributed by atoms with Crippen molar-refractivity contribution in [3.05, 3.63) is 0 Å². The first kappa shape index (κ1) is 9.47. The van der Waals surface area contributed by atoms with Gasteiger partial charge in [0.1, 0.15) is 0 Å². The Morgan fingerprint density at radius 1 is 1.15 bits per heavy atom. The zero-order chi connectivity index (χ0) is 9.31. The molecule has 2 aliphatic rings. The van der Waals surface area contributed by atoms with Gasteiger partial charge < -0.3 is 10.4 Å². The van der Waals surface area contributed by atoms with Crippen LogP contribution in [0.1, 0.15) is 45.4 Å². The fourth-order valence-electron chi connectivity index (χ4n) is 3.01. The maximum Gasteiger partial charge on any atom is 0.0722 e. The lowest BCUT2D eigenvalue weighted by atomic mass is 9.76. The van der Waals surface area contributed by atoms with Gasteiger partial charge in [-0.25, -0.2) is 0 Å². The predicted molar refractivity (Wildman–Crippen MR) is 53.6 cm³/mol. The molecule has 0 spiro atoms. The SMILES string of the molecule is CC1(C2CCCC2)NCCCC1O. The van der Waals surface area contributed by atoms with Gasteiger partial charge >= 0.3 is 0 Å². The van der Waals surface area contributed by atoms with Crippen molar-refractivity contribution in [2.75, 3.05) is 6.54 Å². The average molecular weight is 183 g/mol. The van der Waals surface area contributed by atoms with E-state index in [9.17, 15) is 5.11 Å². The Hall–Kier alpha value is -0.0800. The van der Waals surface area contributed by atoms with Gasteiger partial charge in [0.05, 0.1) is 6.10 Å². The highest BCUT2D eigenvalue weighted by Gasteiger charge is 2.42. The predicted octanol–water partition coefficient (Wildman–Crippen LogP) is 1.68. The molecular weight excluding hydrogens is 162 g/mol. The molecule has 0 bridgehead atoms. The summed E-state index contributed by atoms with van der Waals surface area (Å²) in [5.74, 6) is 0.711. The van der Waals surface area contributed by atoms with Crippen LogP contribution in [0.15, 0.2) is 0 Å². The number of hydrogen-bond acceptors (Lipinski definition) is 2. The minimum absolute atomic E-state index is 0.0226. The van der Waals surface area contributed by atoms with E-state index in [4.69, 9.17) is 0 Å². The Labute approximate surface area is 80.7 Å². The van der Waals surface area contributed by atoms with Crippen molar-refractivity contribution in [1.82, 2.24) is 5.32 Å². The van der Waals surface area contributed by atoms with Crippen LogP contribution < -0.4 is 5.32 Å². The molecule has 2 N–H and O–H groups in total. The molecule has 1 aliphatic heterocycles. The zero-order valence-corrected chi connectivity index (χ0v) is 8.55. The first-order chi connectivity index (χ1) is 6.23. The van der Waals surface area contributed by atoms with Crippen LogP contribution in [0.2, 0.25) is 0 Å². The van der Waals surface area contributed by atoms with Crippen molar-refractivity contribution in [2.45, 2.75) is 57.1 Å². The number of nitrogens with one attached hydrogen (secondary N) is 1. The van der Waals surface area contributed by atoms with Gasteiger partial charge in [-0.3, -0.25) is 0 Å². The standard InChI is InChI=1S/C11H21NO/c1-11(9-5-2-3-6-9)10(13)7-4-8-12-11/h9-10,12-13H,2-8H2,1H3. The number of hydrogen-bond donors (Lipinski definition) is 2. The molecule has 1 heterocycles. The van der Waals surface area contributed by atoms with Crippen molar-refractivity contribution in [1.29, 1.82) is 0 Å². The third-order valence-corrected chi connectivity index (χ3v) is 4.06. The third-order valence-electron chi connectivity index (χ3n) is 4.06. The summed E-state index contributed by atoms with van der Waals surface area (Å²) in [6, 6.07) is 0. The molecule has 76 valence electrons. The zero-order valence-electron chi connectivity index (χ0n) is 8.55. The maximum absolute atomic E-state index is 10.0. The molecule has 1 aliphatic carbocycles. The summed E-state index contributed by atoms with van der Waals surface area (Å²) >= 11 is 0. The van der Waals surface area contributed by atoms with Crippen LogP contribution in [-0.2, 0) is 0 Å². The monoisotopic (exact) mass is 183 g/mol. The first-order valence-corrected chi connectivity index (χ1v) is 5.66. The van der Waals surface area contributed by atoms with Gasteiger partial charge in [0.15, 0.2) is 0 Å². The van der Waals surface area contributed by atoms with E-state index < -0.39 is 0 Å². The smallest absolute Gasteiger partial charge is 0.0722 e. The molecule has 0 aromatic heterocycles. The molecule has 0 amide bonds. The van der Waals surface area contributed by atoms with E-state index in [2.05, 4.69) is 12.2 Å². The molecular formula is C11H21NO. The van der Waals surface area contributed by atoms with Crippen LogP contribution in [0, 0.1) is 5.92 Å². The van der Waals surface area contributed by atoms with Gasteiger partial charge in [0.25, 0.3) is 0 Å². The van der Waals surface area contributed by atoms with Gasteiger partial charge in [-0.05, 0) is 45.1 Å². The summed E-state index contributed by atoms with van der Waals surface area (Å²) in [5.41, 5.74) is 0.0226. The molecule has 2 atom stereocenters. The lowest BCUT2D eigenvalue weighted by Crippen LogP contribution is -2.59. The third kappa shape index (κ3) is 1.62. The van der Waals surface area contributed by atoms with Gasteiger partial charge in [-0.15, -0.1) is 0 Å². The van der Waals surface area contributed by atoms with E-state index in [1.165, 1.54) is 25.7 Å². The number of rotatable bonds is 1. The summed E-state index contributed by atoms with van der Waals surface area (Å²) in [5, 5.41) is 13.6. The minimum Gasteiger partial charge on any atom is -0.391 e. The molecule has 0 aromatic rings. The minimum atomic E-state index is -0.121. The molecule has 0 radical (unpaired) electrons. The molecule has 1 saturated heterocycles. The van der Waals surface area contributed by atoms with Crippen molar-refractivity contribution < 1.29 is 5.11 Å². The second kappa shape index (κ2) is 3.58. The van der Waals surface area contributed by atoms with Crippen molar-refractivity contribution >= 4 is 0 Å². The topological polar surface area (TPSA) is 32.3 Å². The van der Waals surface area contributed by atoms with E-state index >= 15 is 0 Å². The highest BCUT2D eigenvalue weighted by molar-refractivity contribution is 5.00. The maximum atomic E-state index is 10.0. The van der Waals surface area contributed by atoms with Crippen LogP contribution >= 0.6 is 0 Å². The summed E-state index contributed by atoms with van der Waals surface area (Å²) < 4.78 is 0. The number of piperidine rings is 1.